The van der Waals surface area contributed by atoms with Crippen LogP contribution in [0.5, 0.6) is 5.88 Å². The molecule has 0 saturated carbocycles. The van der Waals surface area contributed by atoms with E-state index in [4.69, 9.17) is 9.47 Å². The van der Waals surface area contributed by atoms with Crippen molar-refractivity contribution in [3.05, 3.63) is 62.8 Å². The maximum absolute atomic E-state index is 11.9. The van der Waals surface area contributed by atoms with Gasteiger partial charge in [-0.3, -0.25) is 14.9 Å². The van der Waals surface area contributed by atoms with Gasteiger partial charge in [-0.15, -0.1) is 0 Å². The number of ether oxygens (including phenoxy) is 2. The van der Waals surface area contributed by atoms with E-state index in [-0.39, 0.29) is 23.7 Å². The third-order valence-corrected chi connectivity index (χ3v) is 3.43. The fourth-order valence-electron chi connectivity index (χ4n) is 2.27. The lowest BCUT2D eigenvalue weighted by Gasteiger charge is -2.10. The molecule has 2 rings (SSSR count). The van der Waals surface area contributed by atoms with Crippen LogP contribution in [0, 0.1) is 28.4 Å². The highest BCUT2D eigenvalue weighted by molar-refractivity contribution is 5.83. The van der Waals surface area contributed by atoms with E-state index in [1.54, 1.807) is 19.1 Å². The molecule has 0 unspecified atom stereocenters. The highest BCUT2D eigenvalue weighted by atomic mass is 16.6. The normalized spacial score (nSPS) is 10.5. The van der Waals surface area contributed by atoms with Gasteiger partial charge in [0.2, 0.25) is 5.88 Å². The van der Waals surface area contributed by atoms with Crippen LogP contribution in [0.25, 0.3) is 0 Å². The molecular weight excluding hydrogens is 366 g/mol. The molecule has 0 saturated heterocycles. The number of aromatic nitrogens is 1. The quantitative estimate of drug-likeness (QED) is 0.417. The molecule has 0 aliphatic carbocycles. The summed E-state index contributed by atoms with van der Waals surface area (Å²) in [5.41, 5.74) is 4.03. The summed E-state index contributed by atoms with van der Waals surface area (Å²) in [6, 6.07) is 9.48. The van der Waals surface area contributed by atoms with Crippen molar-refractivity contribution in [3.63, 3.8) is 0 Å². The van der Waals surface area contributed by atoms with Gasteiger partial charge in [0.15, 0.2) is 6.61 Å². The van der Waals surface area contributed by atoms with Gasteiger partial charge >= 0.3 is 0 Å². The van der Waals surface area contributed by atoms with Crippen molar-refractivity contribution in [2.45, 2.75) is 13.5 Å². The highest BCUT2D eigenvalue weighted by Crippen LogP contribution is 2.21. The van der Waals surface area contributed by atoms with Crippen molar-refractivity contribution >= 4 is 17.8 Å². The zero-order valence-corrected chi connectivity index (χ0v) is 15.2. The summed E-state index contributed by atoms with van der Waals surface area (Å²) in [6.07, 6.45) is 1.27. The molecule has 10 heteroatoms. The third kappa shape index (κ3) is 5.58. The second-order valence-electron chi connectivity index (χ2n) is 5.58. The Kier molecular flexibility index (Phi) is 7.13. The number of carbonyl (C=O) groups excluding carboxylic acids is 1. The highest BCUT2D eigenvalue weighted by Gasteiger charge is 2.14. The average Bonchev–Trinajstić information content (AvgIpc) is 2.66. The van der Waals surface area contributed by atoms with Gasteiger partial charge in [0.25, 0.3) is 11.6 Å². The lowest BCUT2D eigenvalue weighted by Crippen LogP contribution is -2.25. The number of methoxy groups -OCH3 is 1. The summed E-state index contributed by atoms with van der Waals surface area (Å²) >= 11 is 0. The van der Waals surface area contributed by atoms with E-state index < -0.39 is 17.4 Å². The lowest BCUT2D eigenvalue weighted by molar-refractivity contribution is -0.384. The van der Waals surface area contributed by atoms with Crippen LogP contribution in [-0.4, -0.2) is 35.7 Å². The van der Waals surface area contributed by atoms with Crippen molar-refractivity contribution < 1.29 is 19.2 Å². The van der Waals surface area contributed by atoms with Crippen LogP contribution in [0.1, 0.15) is 22.4 Å². The van der Waals surface area contributed by atoms with E-state index in [9.17, 15) is 20.2 Å². The molecule has 2 aromatic rings. The Hall–Kier alpha value is -3.84. The van der Waals surface area contributed by atoms with Gasteiger partial charge in [0, 0.05) is 36.1 Å². The number of carbonyl (C=O) groups is 1. The minimum absolute atomic E-state index is 0.0346. The molecule has 1 heterocycles. The Balaban J connectivity index is 1.99. The van der Waals surface area contributed by atoms with Crippen molar-refractivity contribution in [3.8, 4) is 11.9 Å². The SMILES string of the molecule is COCc1cc(C)nc(OCC(=O)N/N=C/c2cccc([N+](=O)[O-])c2)c1C#N. The maximum Gasteiger partial charge on any atom is 0.278 e. The number of hydrogen-bond donors (Lipinski definition) is 1. The number of amides is 1. The van der Waals surface area contributed by atoms with Crippen LogP contribution in [0.15, 0.2) is 35.4 Å². The first-order valence-electron chi connectivity index (χ1n) is 8.03. The van der Waals surface area contributed by atoms with Crippen LogP contribution >= 0.6 is 0 Å². The molecular formula is C18H17N5O5. The number of nitriles is 1. The van der Waals surface area contributed by atoms with Gasteiger partial charge in [0.1, 0.15) is 11.6 Å². The summed E-state index contributed by atoms with van der Waals surface area (Å²) in [6.45, 7) is 1.53. The third-order valence-electron chi connectivity index (χ3n) is 3.43. The zero-order valence-electron chi connectivity index (χ0n) is 15.2. The first-order chi connectivity index (χ1) is 13.4. The van der Waals surface area contributed by atoms with E-state index in [1.165, 1.54) is 31.5 Å². The summed E-state index contributed by atoms with van der Waals surface area (Å²) < 4.78 is 10.4. The number of rotatable bonds is 8. The van der Waals surface area contributed by atoms with E-state index >= 15 is 0 Å². The Bertz CT molecular complexity index is 952. The fraction of sp³-hybridized carbons (Fsp3) is 0.222. The molecule has 144 valence electrons. The number of nitro groups is 1. The number of benzene rings is 1. The molecule has 1 aromatic heterocycles. The minimum Gasteiger partial charge on any atom is -0.467 e. The van der Waals surface area contributed by atoms with E-state index in [2.05, 4.69) is 15.5 Å². The molecule has 1 aromatic carbocycles. The number of nitro benzene ring substituents is 1. The standard InChI is InChI=1S/C18H17N5O5/c1-12-6-14(10-27-2)16(8-19)18(21-12)28-11-17(24)22-20-9-13-4-3-5-15(7-13)23(25)26/h3-7,9H,10-11H2,1-2H3,(H,22,24)/b20-9+. The molecule has 0 fully saturated rings. The van der Waals surface area contributed by atoms with E-state index in [0.29, 0.717) is 16.8 Å². The van der Waals surface area contributed by atoms with Crippen LogP contribution < -0.4 is 10.2 Å². The predicted molar refractivity (Wildman–Crippen MR) is 98.7 cm³/mol. The monoisotopic (exact) mass is 383 g/mol. The van der Waals surface area contributed by atoms with Gasteiger partial charge in [-0.05, 0) is 13.0 Å². The first kappa shape index (κ1) is 20.5. The summed E-state index contributed by atoms with van der Waals surface area (Å²) in [7, 11) is 1.50. The van der Waals surface area contributed by atoms with Crippen LogP contribution in [0.3, 0.4) is 0 Å². The molecule has 0 spiro atoms. The summed E-state index contributed by atoms with van der Waals surface area (Å²) in [5, 5.41) is 23.8. The second kappa shape index (κ2) is 9.75. The number of hydrazone groups is 1. The van der Waals surface area contributed by atoms with Crippen molar-refractivity contribution in [1.29, 1.82) is 5.26 Å². The van der Waals surface area contributed by atoms with Crippen LogP contribution in [0.2, 0.25) is 0 Å². The zero-order chi connectivity index (χ0) is 20.5. The predicted octanol–water partition coefficient (Wildman–Crippen LogP) is 1.85. The number of non-ortho nitro benzene ring substituents is 1. The second-order valence-corrected chi connectivity index (χ2v) is 5.58. The van der Waals surface area contributed by atoms with Crippen molar-refractivity contribution in [1.82, 2.24) is 10.4 Å². The van der Waals surface area contributed by atoms with Gasteiger partial charge in [-0.25, -0.2) is 10.4 Å². The molecule has 0 radical (unpaired) electrons. The van der Waals surface area contributed by atoms with Gasteiger partial charge in [-0.2, -0.15) is 10.4 Å². The Labute approximate surface area is 160 Å². The lowest BCUT2D eigenvalue weighted by atomic mass is 10.1. The summed E-state index contributed by atoms with van der Waals surface area (Å²) in [4.78, 5) is 26.2. The van der Waals surface area contributed by atoms with Crippen LogP contribution in [-0.2, 0) is 16.1 Å². The van der Waals surface area contributed by atoms with Crippen molar-refractivity contribution in [2.75, 3.05) is 13.7 Å². The summed E-state index contributed by atoms with van der Waals surface area (Å²) in [5.74, 6) is -0.547. The number of nitrogens with one attached hydrogen (secondary N) is 1. The average molecular weight is 383 g/mol. The Morgan fingerprint density at radius 1 is 1.46 bits per heavy atom. The van der Waals surface area contributed by atoms with Gasteiger partial charge in [-0.1, -0.05) is 12.1 Å². The van der Waals surface area contributed by atoms with Crippen molar-refractivity contribution in [2.24, 2.45) is 5.10 Å². The molecule has 10 nitrogen and oxygen atoms in total. The molecule has 1 amide bonds. The number of pyridine rings is 1. The Morgan fingerprint density at radius 3 is 2.93 bits per heavy atom. The molecule has 1 N–H and O–H groups in total. The molecule has 28 heavy (non-hydrogen) atoms. The molecule has 0 bridgehead atoms. The minimum atomic E-state index is -0.581. The molecule has 0 aliphatic heterocycles. The number of hydrogen-bond acceptors (Lipinski definition) is 8. The number of nitrogens with zero attached hydrogens (tertiary/aromatic N) is 4. The smallest absolute Gasteiger partial charge is 0.278 e. The molecule has 0 aliphatic rings. The molecule has 0 atom stereocenters. The number of aryl methyl sites for hydroxylation is 1. The fourth-order valence-corrected chi connectivity index (χ4v) is 2.27. The van der Waals surface area contributed by atoms with Crippen LogP contribution in [0.4, 0.5) is 5.69 Å². The van der Waals surface area contributed by atoms with E-state index in [0.717, 1.165) is 0 Å². The first-order valence-corrected chi connectivity index (χ1v) is 8.03. The topological polar surface area (TPSA) is 140 Å². The Morgan fingerprint density at radius 2 is 2.25 bits per heavy atom. The van der Waals surface area contributed by atoms with Gasteiger partial charge < -0.3 is 9.47 Å². The largest absolute Gasteiger partial charge is 0.467 e. The van der Waals surface area contributed by atoms with E-state index in [1.807, 2.05) is 6.07 Å². The maximum atomic E-state index is 11.9. The van der Waals surface area contributed by atoms with Gasteiger partial charge in [0.05, 0.1) is 17.7 Å².